The van der Waals surface area contributed by atoms with Crippen LogP contribution in [0.15, 0.2) is 35.4 Å². The minimum atomic E-state index is -5.89. The quantitative estimate of drug-likeness (QED) is 0.150. The number of hydrogen-bond donors (Lipinski definition) is 2. The third kappa shape index (κ3) is 5.19. The van der Waals surface area contributed by atoms with E-state index in [9.17, 15) is 23.4 Å². The zero-order valence-corrected chi connectivity index (χ0v) is 26.4. The fourth-order valence-electron chi connectivity index (χ4n) is 9.40. The summed E-state index contributed by atoms with van der Waals surface area (Å²) in [5.74, 6) is -7.72. The monoisotopic (exact) mass is 644 g/mol. The van der Waals surface area contributed by atoms with Crippen LogP contribution in [0.1, 0.15) is 89.2 Å². The van der Waals surface area contributed by atoms with Gasteiger partial charge < -0.3 is 29.2 Å². The van der Waals surface area contributed by atoms with Crippen molar-refractivity contribution in [1.82, 2.24) is 0 Å². The van der Waals surface area contributed by atoms with Crippen molar-refractivity contribution >= 4 is 0 Å². The number of alkyl halides is 5. The number of halogens is 5. The molecule has 1 saturated heterocycles. The molecule has 252 valence electrons. The maximum absolute atomic E-state index is 15.3. The molecule has 3 saturated carbocycles. The fraction of sp³-hybridized carbons (Fsp3) is 0.765. The van der Waals surface area contributed by atoms with E-state index in [-0.39, 0.29) is 44.0 Å². The van der Waals surface area contributed by atoms with Crippen molar-refractivity contribution in [1.29, 1.82) is 0 Å². The van der Waals surface area contributed by atoms with Crippen molar-refractivity contribution in [3.05, 3.63) is 46.5 Å². The summed E-state index contributed by atoms with van der Waals surface area (Å²) in [6.45, 7) is 6.91. The summed E-state index contributed by atoms with van der Waals surface area (Å²) in [5.41, 5.74) is -3.03. The van der Waals surface area contributed by atoms with Gasteiger partial charge in [-0.3, -0.25) is 0 Å². The standard InChI is InChI=1S/C34H45F5O6/c1-28(2)18-44-31(45-19-28)13-10-26-27-23(9-12-30(26,40)17-31)25-11-14-32(41,33(35,36)34(37,38)39)29(25,3)15-24(27)22-7-5-21(6-8-22)16-43-20-42-4/h5-8,23-25,40-41H,9-20H2,1-4H3/t23-,24+,25-,29-,30+,32-/m0/s1. The zero-order chi connectivity index (χ0) is 32.7. The van der Waals surface area contributed by atoms with Gasteiger partial charge in [-0.25, -0.2) is 0 Å². The molecule has 4 fully saturated rings. The normalized spacial score (nSPS) is 37.7. The summed E-state index contributed by atoms with van der Waals surface area (Å²) < 4.78 is 95.2. The number of allylic oxidation sites excluding steroid dienone is 1. The Bertz CT molecular complexity index is 1300. The van der Waals surface area contributed by atoms with Crippen LogP contribution in [0.4, 0.5) is 22.0 Å². The first-order valence-electron chi connectivity index (χ1n) is 16.0. The number of benzene rings is 1. The molecule has 1 aromatic carbocycles. The first-order valence-corrected chi connectivity index (χ1v) is 16.0. The molecule has 45 heavy (non-hydrogen) atoms. The molecule has 1 heterocycles. The van der Waals surface area contributed by atoms with E-state index in [1.54, 1.807) is 0 Å². The molecule has 4 aliphatic carbocycles. The van der Waals surface area contributed by atoms with Crippen LogP contribution in [0.25, 0.3) is 0 Å². The lowest BCUT2D eigenvalue weighted by Gasteiger charge is -2.59. The van der Waals surface area contributed by atoms with Crippen molar-refractivity contribution in [2.45, 2.75) is 114 Å². The van der Waals surface area contributed by atoms with E-state index in [1.165, 1.54) is 14.0 Å². The van der Waals surface area contributed by atoms with Crippen LogP contribution in [0.5, 0.6) is 0 Å². The summed E-state index contributed by atoms with van der Waals surface area (Å²) in [7, 11) is 1.52. The SMILES string of the molecule is COCOCc1ccc([C@H]2C[C@@]3(C)[C@@H](CC[C@@]3(O)C(F)(F)C(F)(F)F)[C@@H]3CC[C@@]4(O)CC5(CCC4=C32)OCC(C)(C)CO5)cc1. The van der Waals surface area contributed by atoms with Gasteiger partial charge in [-0.2, -0.15) is 22.0 Å². The van der Waals surface area contributed by atoms with E-state index in [0.29, 0.717) is 38.9 Å². The molecular weight excluding hydrogens is 599 g/mol. The lowest BCUT2D eigenvalue weighted by molar-refractivity contribution is -0.362. The van der Waals surface area contributed by atoms with Gasteiger partial charge >= 0.3 is 12.1 Å². The average Bonchev–Trinajstić information content (AvgIpc) is 3.25. The van der Waals surface area contributed by atoms with Gasteiger partial charge in [-0.05, 0) is 67.1 Å². The minimum Gasteiger partial charge on any atom is -0.385 e. The molecule has 0 aromatic heterocycles. The molecule has 1 aromatic rings. The third-order valence-electron chi connectivity index (χ3n) is 11.7. The van der Waals surface area contributed by atoms with Crippen molar-refractivity contribution in [3.63, 3.8) is 0 Å². The van der Waals surface area contributed by atoms with E-state index in [2.05, 4.69) is 13.8 Å². The van der Waals surface area contributed by atoms with Gasteiger partial charge in [0, 0.05) is 36.7 Å². The molecule has 0 amide bonds. The smallest absolute Gasteiger partial charge is 0.385 e. The van der Waals surface area contributed by atoms with Crippen LogP contribution < -0.4 is 0 Å². The first kappa shape index (κ1) is 33.3. The minimum absolute atomic E-state index is 0.0479. The number of ether oxygens (including phenoxy) is 4. The van der Waals surface area contributed by atoms with Gasteiger partial charge in [0.25, 0.3) is 0 Å². The number of hydrogen-bond acceptors (Lipinski definition) is 6. The second-order valence-electron chi connectivity index (χ2n) is 15.2. The van der Waals surface area contributed by atoms with E-state index in [4.69, 9.17) is 18.9 Å². The van der Waals surface area contributed by atoms with Gasteiger partial charge in [0.05, 0.1) is 25.4 Å². The Morgan fingerprint density at radius 3 is 2.22 bits per heavy atom. The Morgan fingerprint density at radius 2 is 1.60 bits per heavy atom. The Morgan fingerprint density at radius 1 is 0.933 bits per heavy atom. The molecule has 0 radical (unpaired) electrons. The van der Waals surface area contributed by atoms with E-state index >= 15 is 8.78 Å². The summed E-state index contributed by atoms with van der Waals surface area (Å²) in [5, 5.41) is 23.8. The topological polar surface area (TPSA) is 77.4 Å². The molecule has 0 bridgehead atoms. The predicted octanol–water partition coefficient (Wildman–Crippen LogP) is 7.03. The molecule has 5 aliphatic rings. The number of fused-ring (bicyclic) bond motifs is 4. The van der Waals surface area contributed by atoms with Gasteiger partial charge in [0.1, 0.15) is 12.4 Å². The second-order valence-corrected chi connectivity index (χ2v) is 15.2. The molecule has 6 atom stereocenters. The van der Waals surface area contributed by atoms with Crippen molar-refractivity contribution < 1.29 is 51.1 Å². The van der Waals surface area contributed by atoms with E-state index < -0.39 is 52.8 Å². The Hall–Kier alpha value is -1.63. The third-order valence-corrected chi connectivity index (χ3v) is 11.7. The van der Waals surface area contributed by atoms with Gasteiger partial charge in [0.15, 0.2) is 5.79 Å². The van der Waals surface area contributed by atoms with Crippen LogP contribution in [0, 0.1) is 22.7 Å². The second kappa shape index (κ2) is 11.0. The molecule has 1 spiro atoms. The molecular formula is C34H45F5O6. The lowest BCUT2D eigenvalue weighted by atomic mass is 9.49. The summed E-state index contributed by atoms with van der Waals surface area (Å²) in [6.07, 6.45) is -4.65. The van der Waals surface area contributed by atoms with E-state index in [1.807, 2.05) is 24.3 Å². The maximum Gasteiger partial charge on any atom is 0.456 e. The van der Waals surface area contributed by atoms with Gasteiger partial charge in [0.2, 0.25) is 0 Å². The lowest BCUT2D eigenvalue weighted by Crippen LogP contribution is -2.65. The van der Waals surface area contributed by atoms with Crippen molar-refractivity contribution in [3.8, 4) is 0 Å². The number of aliphatic hydroxyl groups is 2. The van der Waals surface area contributed by atoms with Crippen LogP contribution in [-0.2, 0) is 25.6 Å². The first-order chi connectivity index (χ1) is 20.9. The van der Waals surface area contributed by atoms with Crippen molar-refractivity contribution in [2.24, 2.45) is 22.7 Å². The molecule has 6 nitrogen and oxygen atoms in total. The van der Waals surface area contributed by atoms with Crippen LogP contribution in [0.2, 0.25) is 0 Å². The summed E-state index contributed by atoms with van der Waals surface area (Å²) >= 11 is 0. The molecule has 1 aliphatic heterocycles. The highest BCUT2D eigenvalue weighted by Gasteiger charge is 2.79. The predicted molar refractivity (Wildman–Crippen MR) is 154 cm³/mol. The van der Waals surface area contributed by atoms with E-state index in [0.717, 1.165) is 22.3 Å². The van der Waals surface area contributed by atoms with Crippen LogP contribution >= 0.6 is 0 Å². The highest BCUT2D eigenvalue weighted by Crippen LogP contribution is 2.71. The fourth-order valence-corrected chi connectivity index (χ4v) is 9.40. The average molecular weight is 645 g/mol. The molecule has 0 unspecified atom stereocenters. The Labute approximate surface area is 261 Å². The maximum atomic E-state index is 15.3. The summed E-state index contributed by atoms with van der Waals surface area (Å²) in [4.78, 5) is 0. The Kier molecular flexibility index (Phi) is 8.10. The van der Waals surface area contributed by atoms with Crippen LogP contribution in [-0.4, -0.2) is 66.4 Å². The van der Waals surface area contributed by atoms with Gasteiger partial charge in [-0.15, -0.1) is 0 Å². The Balaban J connectivity index is 1.42. The molecule has 6 rings (SSSR count). The number of rotatable bonds is 6. The van der Waals surface area contributed by atoms with Gasteiger partial charge in [-0.1, -0.05) is 50.6 Å². The number of methoxy groups -OCH3 is 1. The van der Waals surface area contributed by atoms with Crippen LogP contribution in [0.3, 0.4) is 0 Å². The molecule has 2 N–H and O–H groups in total. The largest absolute Gasteiger partial charge is 0.456 e. The summed E-state index contributed by atoms with van der Waals surface area (Å²) in [6, 6.07) is 7.41. The highest BCUT2D eigenvalue weighted by molar-refractivity contribution is 5.44. The van der Waals surface area contributed by atoms with Crippen molar-refractivity contribution in [2.75, 3.05) is 27.1 Å². The zero-order valence-electron chi connectivity index (χ0n) is 26.4. The highest BCUT2D eigenvalue weighted by atomic mass is 19.4. The molecule has 11 heteroatoms.